The average Bonchev–Trinajstić information content (AvgIpc) is 3.13. The third-order valence-corrected chi connectivity index (χ3v) is 6.28. The van der Waals surface area contributed by atoms with Crippen LogP contribution >= 0.6 is 11.3 Å². The molecule has 0 spiro atoms. The minimum absolute atomic E-state index is 0.0425. The van der Waals surface area contributed by atoms with Crippen LogP contribution in [0.25, 0.3) is 0 Å². The molecule has 0 fully saturated rings. The number of nitrogens with zero attached hydrogens (tertiary/aromatic N) is 2. The second-order valence-electron chi connectivity index (χ2n) is 7.47. The van der Waals surface area contributed by atoms with Gasteiger partial charge in [-0.2, -0.15) is 5.26 Å². The maximum absolute atomic E-state index is 12.6. The van der Waals surface area contributed by atoms with E-state index in [0.29, 0.717) is 30.0 Å². The molecule has 2 heterocycles. The van der Waals surface area contributed by atoms with Crippen LogP contribution in [-0.4, -0.2) is 53.0 Å². The van der Waals surface area contributed by atoms with Crippen LogP contribution in [0.4, 0.5) is 9.80 Å². The predicted molar refractivity (Wildman–Crippen MR) is 116 cm³/mol. The molecule has 0 radical (unpaired) electrons. The number of fused-ring (bicyclic) bond motifs is 1. The van der Waals surface area contributed by atoms with Crippen molar-refractivity contribution in [2.45, 2.75) is 38.3 Å². The normalized spacial score (nSPS) is 14.8. The quantitative estimate of drug-likeness (QED) is 0.604. The van der Waals surface area contributed by atoms with Crippen LogP contribution in [0, 0.1) is 11.3 Å². The zero-order valence-electron chi connectivity index (χ0n) is 17.2. The average molecular weight is 444 g/mol. The third-order valence-electron chi connectivity index (χ3n) is 5.15. The summed E-state index contributed by atoms with van der Waals surface area (Å²) in [5.74, 6) is -0.124. The van der Waals surface area contributed by atoms with E-state index in [9.17, 15) is 20.0 Å². The highest BCUT2D eigenvalue weighted by Gasteiger charge is 2.28. The highest BCUT2D eigenvalue weighted by Crippen LogP contribution is 2.37. The molecule has 8 nitrogen and oxygen atoms in total. The van der Waals surface area contributed by atoms with Gasteiger partial charge in [0, 0.05) is 17.8 Å². The number of carbonyl (C=O) groups is 2. The van der Waals surface area contributed by atoms with Crippen molar-refractivity contribution in [2.24, 2.45) is 0 Å². The molecule has 1 unspecified atom stereocenters. The van der Waals surface area contributed by atoms with Crippen LogP contribution in [0.2, 0.25) is 0 Å². The molecular weight excluding hydrogens is 418 g/mol. The molecular formula is C22H25N3O5S. The van der Waals surface area contributed by atoms with Gasteiger partial charge in [-0.1, -0.05) is 37.3 Å². The Morgan fingerprint density at radius 3 is 2.77 bits per heavy atom. The fourth-order valence-electron chi connectivity index (χ4n) is 3.43. The van der Waals surface area contributed by atoms with Gasteiger partial charge in [0.1, 0.15) is 23.8 Å². The highest BCUT2D eigenvalue weighted by atomic mass is 32.1. The van der Waals surface area contributed by atoms with Gasteiger partial charge in [0.25, 0.3) is 0 Å². The fourth-order valence-corrected chi connectivity index (χ4v) is 4.66. The molecule has 164 valence electrons. The molecule has 0 aliphatic carbocycles. The summed E-state index contributed by atoms with van der Waals surface area (Å²) in [6, 6.07) is 12.0. The molecule has 2 aromatic rings. The molecule has 1 aromatic carbocycles. The summed E-state index contributed by atoms with van der Waals surface area (Å²) in [6.07, 6.45) is -0.935. The summed E-state index contributed by atoms with van der Waals surface area (Å²) in [5, 5.41) is 31.2. The topological polar surface area (TPSA) is 123 Å². The molecule has 0 saturated heterocycles. The standard InChI is InChI=1S/C22H25N3O5S/c1-14(15-5-3-2-4-6-15)9-20(28)24-21-18(10-23)17-7-8-25(11-19(17)31-21)22(29)30-13-16(27)12-26/h2-6,14,16,26-27H,7-9,11-13H2,1H3,(H,24,28)/t14-,16?/m0/s1. The molecule has 3 N–H and O–H groups in total. The Morgan fingerprint density at radius 2 is 2.10 bits per heavy atom. The number of nitrogens with one attached hydrogen (secondary N) is 1. The van der Waals surface area contributed by atoms with Gasteiger partial charge < -0.3 is 25.2 Å². The molecule has 0 saturated carbocycles. The summed E-state index contributed by atoms with van der Waals surface area (Å²) in [6.45, 7) is 1.84. The maximum Gasteiger partial charge on any atom is 0.410 e. The van der Waals surface area contributed by atoms with Gasteiger partial charge in [-0.15, -0.1) is 11.3 Å². The van der Waals surface area contributed by atoms with E-state index < -0.39 is 18.8 Å². The Labute approximate surface area is 184 Å². The van der Waals surface area contributed by atoms with E-state index in [4.69, 9.17) is 9.84 Å². The Balaban J connectivity index is 1.65. The van der Waals surface area contributed by atoms with Gasteiger partial charge >= 0.3 is 6.09 Å². The summed E-state index contributed by atoms with van der Waals surface area (Å²) < 4.78 is 5.01. The first-order chi connectivity index (χ1) is 14.9. The number of rotatable bonds is 7. The summed E-state index contributed by atoms with van der Waals surface area (Å²) in [7, 11) is 0. The Bertz CT molecular complexity index is 970. The fraction of sp³-hybridized carbons (Fsp3) is 0.409. The van der Waals surface area contributed by atoms with Crippen molar-refractivity contribution in [3.63, 3.8) is 0 Å². The number of anilines is 1. The van der Waals surface area contributed by atoms with E-state index in [-0.39, 0.29) is 25.0 Å². The molecule has 0 bridgehead atoms. The van der Waals surface area contributed by atoms with Crippen LogP contribution in [0.1, 0.15) is 40.8 Å². The number of hydrogen-bond donors (Lipinski definition) is 3. The predicted octanol–water partition coefficient (Wildman–Crippen LogP) is 2.60. The number of benzene rings is 1. The Morgan fingerprint density at radius 1 is 1.35 bits per heavy atom. The van der Waals surface area contributed by atoms with Crippen LogP contribution in [0.15, 0.2) is 30.3 Å². The number of carbonyl (C=O) groups excluding carboxylic acids is 2. The minimum atomic E-state index is -1.11. The monoisotopic (exact) mass is 443 g/mol. The van der Waals surface area contributed by atoms with E-state index >= 15 is 0 Å². The van der Waals surface area contributed by atoms with E-state index in [1.165, 1.54) is 16.2 Å². The van der Waals surface area contributed by atoms with E-state index in [0.717, 1.165) is 16.0 Å². The SMILES string of the molecule is C[C@@H](CC(=O)Nc1sc2c(c1C#N)CCN(C(=O)OCC(O)CO)C2)c1ccccc1. The maximum atomic E-state index is 12.6. The van der Waals surface area contributed by atoms with Gasteiger partial charge in [-0.3, -0.25) is 4.79 Å². The second kappa shape index (κ2) is 10.4. The Kier molecular flexibility index (Phi) is 7.63. The first-order valence-corrected chi connectivity index (χ1v) is 10.8. The van der Waals surface area contributed by atoms with Crippen molar-refractivity contribution in [3.05, 3.63) is 51.9 Å². The summed E-state index contributed by atoms with van der Waals surface area (Å²) in [5.41, 5.74) is 2.37. The molecule has 2 amide bonds. The summed E-state index contributed by atoms with van der Waals surface area (Å²) in [4.78, 5) is 27.1. The van der Waals surface area contributed by atoms with E-state index in [1.807, 2.05) is 37.3 Å². The van der Waals surface area contributed by atoms with Crippen molar-refractivity contribution in [1.82, 2.24) is 4.90 Å². The number of nitriles is 1. The van der Waals surface area contributed by atoms with Crippen LogP contribution in [0.3, 0.4) is 0 Å². The molecule has 1 aliphatic heterocycles. The van der Waals surface area contributed by atoms with Gasteiger partial charge in [0.15, 0.2) is 0 Å². The number of aliphatic hydroxyl groups excluding tert-OH is 2. The number of amides is 2. The molecule has 1 aliphatic rings. The van der Waals surface area contributed by atoms with Gasteiger partial charge in [-0.25, -0.2) is 4.79 Å². The first kappa shape index (κ1) is 22.7. The lowest BCUT2D eigenvalue weighted by molar-refractivity contribution is -0.116. The van der Waals surface area contributed by atoms with Gasteiger partial charge in [0.05, 0.1) is 18.7 Å². The lowest BCUT2D eigenvalue weighted by Crippen LogP contribution is -2.37. The van der Waals surface area contributed by atoms with Crippen molar-refractivity contribution in [2.75, 3.05) is 25.1 Å². The van der Waals surface area contributed by atoms with E-state index in [2.05, 4.69) is 11.4 Å². The van der Waals surface area contributed by atoms with Crippen molar-refractivity contribution in [1.29, 1.82) is 5.26 Å². The highest BCUT2D eigenvalue weighted by molar-refractivity contribution is 7.16. The third kappa shape index (κ3) is 5.61. The van der Waals surface area contributed by atoms with Gasteiger partial charge in [0.2, 0.25) is 5.91 Å². The van der Waals surface area contributed by atoms with Gasteiger partial charge in [-0.05, 0) is 23.5 Å². The first-order valence-electron chi connectivity index (χ1n) is 10.0. The lowest BCUT2D eigenvalue weighted by atomic mass is 9.97. The van der Waals surface area contributed by atoms with Crippen molar-refractivity contribution < 1.29 is 24.5 Å². The smallest absolute Gasteiger partial charge is 0.410 e. The number of ether oxygens (including phenoxy) is 1. The zero-order valence-corrected chi connectivity index (χ0v) is 18.0. The lowest BCUT2D eigenvalue weighted by Gasteiger charge is -2.26. The Hall–Kier alpha value is -2.93. The van der Waals surface area contributed by atoms with Crippen LogP contribution < -0.4 is 5.32 Å². The largest absolute Gasteiger partial charge is 0.447 e. The number of thiophene rings is 1. The molecule has 3 rings (SSSR count). The van der Waals surface area contributed by atoms with Crippen molar-refractivity contribution >= 4 is 28.3 Å². The van der Waals surface area contributed by atoms with Crippen LogP contribution in [-0.2, 0) is 22.5 Å². The summed E-state index contributed by atoms with van der Waals surface area (Å²) >= 11 is 1.29. The van der Waals surface area contributed by atoms with Crippen molar-refractivity contribution in [3.8, 4) is 6.07 Å². The van der Waals surface area contributed by atoms with Crippen LogP contribution in [0.5, 0.6) is 0 Å². The molecule has 9 heteroatoms. The zero-order chi connectivity index (χ0) is 22.4. The van der Waals surface area contributed by atoms with E-state index in [1.54, 1.807) is 0 Å². The minimum Gasteiger partial charge on any atom is -0.447 e. The molecule has 1 aromatic heterocycles. The molecule has 31 heavy (non-hydrogen) atoms. The number of aliphatic hydroxyl groups is 2. The second-order valence-corrected chi connectivity index (χ2v) is 8.57. The molecule has 2 atom stereocenters. The number of hydrogen-bond acceptors (Lipinski definition) is 7.